The second-order valence-corrected chi connectivity index (χ2v) is 8.37. The molecule has 2 aromatic carbocycles. The molecule has 0 unspecified atom stereocenters. The number of hydrazine groups is 1. The molecule has 2 heterocycles. The fourth-order valence-corrected chi connectivity index (χ4v) is 4.30. The van der Waals surface area contributed by atoms with Crippen LogP contribution in [-0.4, -0.2) is 35.8 Å². The molecular formula is C24H22N4O6S. The Labute approximate surface area is 205 Å². The van der Waals surface area contributed by atoms with Gasteiger partial charge in [-0.1, -0.05) is 12.1 Å². The average molecular weight is 495 g/mol. The average Bonchev–Trinajstić information content (AvgIpc) is 3.32. The summed E-state index contributed by atoms with van der Waals surface area (Å²) < 4.78 is 10.7. The summed E-state index contributed by atoms with van der Waals surface area (Å²) in [5.74, 6) is -0.763. The molecule has 3 amide bonds. The van der Waals surface area contributed by atoms with Crippen molar-refractivity contribution in [1.29, 1.82) is 0 Å². The van der Waals surface area contributed by atoms with Crippen molar-refractivity contribution in [2.24, 2.45) is 0 Å². The number of carbonyl (C=O) groups excluding carboxylic acids is 4. The molecule has 11 heteroatoms. The van der Waals surface area contributed by atoms with E-state index in [4.69, 9.17) is 9.47 Å². The lowest BCUT2D eigenvalue weighted by molar-refractivity contribution is -0.130. The van der Waals surface area contributed by atoms with Gasteiger partial charge < -0.3 is 9.47 Å². The summed E-state index contributed by atoms with van der Waals surface area (Å²) in [6.45, 7) is 1.34. The Morgan fingerprint density at radius 3 is 2.57 bits per heavy atom. The van der Waals surface area contributed by atoms with Gasteiger partial charge in [-0.2, -0.15) is 0 Å². The lowest BCUT2D eigenvalue weighted by Gasteiger charge is -2.27. The second-order valence-electron chi connectivity index (χ2n) is 7.53. The molecule has 1 N–H and O–H groups in total. The van der Waals surface area contributed by atoms with E-state index in [-0.39, 0.29) is 42.7 Å². The molecule has 1 saturated heterocycles. The largest absolute Gasteiger partial charge is 0.495 e. The maximum atomic E-state index is 12.5. The normalized spacial score (nSPS) is 13.3. The third kappa shape index (κ3) is 5.30. The van der Waals surface area contributed by atoms with Gasteiger partial charge in [0.2, 0.25) is 17.7 Å². The highest BCUT2D eigenvalue weighted by molar-refractivity contribution is 7.14. The van der Waals surface area contributed by atoms with E-state index in [1.807, 2.05) is 0 Å². The van der Waals surface area contributed by atoms with Crippen molar-refractivity contribution in [3.8, 4) is 5.75 Å². The molecule has 1 aliphatic heterocycles. The van der Waals surface area contributed by atoms with E-state index in [2.05, 4.69) is 10.4 Å². The third-order valence-corrected chi connectivity index (χ3v) is 6.01. The first kappa shape index (κ1) is 23.9. The molecule has 0 aliphatic carbocycles. The molecule has 3 aromatic rings. The van der Waals surface area contributed by atoms with E-state index < -0.39 is 5.97 Å². The number of anilines is 3. The molecule has 0 saturated carbocycles. The highest BCUT2D eigenvalue weighted by Crippen LogP contribution is 2.35. The molecular weight excluding hydrogens is 472 g/mol. The Kier molecular flexibility index (Phi) is 7.06. The molecule has 1 fully saturated rings. The topological polar surface area (TPSA) is 118 Å². The van der Waals surface area contributed by atoms with Crippen LogP contribution in [0.3, 0.4) is 0 Å². The highest BCUT2D eigenvalue weighted by atomic mass is 32.1. The summed E-state index contributed by atoms with van der Waals surface area (Å²) in [5.41, 5.74) is 4.27. The van der Waals surface area contributed by atoms with Gasteiger partial charge in [-0.15, -0.1) is 11.3 Å². The summed E-state index contributed by atoms with van der Waals surface area (Å²) in [6.07, 6.45) is 0.282. The number of carbonyl (C=O) groups is 4. The molecule has 35 heavy (non-hydrogen) atoms. The van der Waals surface area contributed by atoms with Gasteiger partial charge >= 0.3 is 5.97 Å². The Morgan fingerprint density at radius 2 is 1.86 bits per heavy atom. The first-order valence-corrected chi connectivity index (χ1v) is 11.5. The zero-order valence-electron chi connectivity index (χ0n) is 19.0. The number of hydrogen-bond donors (Lipinski definition) is 1. The first-order chi connectivity index (χ1) is 16.9. The number of hydrogen-bond acceptors (Lipinski definition) is 8. The molecule has 4 rings (SSSR count). The SMILES string of the molecule is COc1ccccc1N(C(C)=O)c1nc(COC(=O)c2ccc(N3NC(=O)CCC3=O)cc2)cs1. The van der Waals surface area contributed by atoms with Crippen LogP contribution in [0.4, 0.5) is 16.5 Å². The molecule has 0 radical (unpaired) electrons. The van der Waals surface area contributed by atoms with Crippen molar-refractivity contribution < 1.29 is 28.7 Å². The van der Waals surface area contributed by atoms with Crippen LogP contribution in [0.2, 0.25) is 0 Å². The minimum atomic E-state index is -0.576. The summed E-state index contributed by atoms with van der Waals surface area (Å²) in [4.78, 5) is 54.3. The molecule has 1 aliphatic rings. The van der Waals surface area contributed by atoms with Gasteiger partial charge in [0.15, 0.2) is 5.13 Å². The van der Waals surface area contributed by atoms with Gasteiger partial charge in [-0.3, -0.25) is 24.7 Å². The number of nitrogens with one attached hydrogen (secondary N) is 1. The minimum absolute atomic E-state index is 0.0879. The lowest BCUT2D eigenvalue weighted by atomic mass is 10.2. The zero-order valence-corrected chi connectivity index (χ0v) is 19.8. The van der Waals surface area contributed by atoms with Crippen molar-refractivity contribution in [3.05, 3.63) is 65.2 Å². The number of nitrogens with zero attached hydrogens (tertiary/aromatic N) is 3. The van der Waals surface area contributed by atoms with Gasteiger partial charge in [0.05, 0.1) is 29.7 Å². The Morgan fingerprint density at radius 1 is 1.11 bits per heavy atom. The van der Waals surface area contributed by atoms with Gasteiger partial charge in [0, 0.05) is 25.1 Å². The molecule has 180 valence electrons. The number of amides is 3. The van der Waals surface area contributed by atoms with Crippen LogP contribution in [-0.2, 0) is 25.7 Å². The van der Waals surface area contributed by atoms with E-state index >= 15 is 0 Å². The zero-order chi connectivity index (χ0) is 24.9. The van der Waals surface area contributed by atoms with Crippen molar-refractivity contribution in [2.45, 2.75) is 26.4 Å². The summed E-state index contributed by atoms with van der Waals surface area (Å²) >= 11 is 1.24. The second kappa shape index (κ2) is 10.3. The maximum absolute atomic E-state index is 12.5. The number of methoxy groups -OCH3 is 1. The predicted molar refractivity (Wildman–Crippen MR) is 128 cm³/mol. The monoisotopic (exact) mass is 494 g/mol. The summed E-state index contributed by atoms with van der Waals surface area (Å²) in [7, 11) is 1.52. The van der Waals surface area contributed by atoms with E-state index in [1.54, 1.807) is 41.8 Å². The number of ether oxygens (including phenoxy) is 2. The minimum Gasteiger partial charge on any atom is -0.495 e. The number of para-hydroxylation sites is 2. The number of aromatic nitrogens is 1. The number of rotatable bonds is 7. The van der Waals surface area contributed by atoms with Gasteiger partial charge in [-0.05, 0) is 36.4 Å². The van der Waals surface area contributed by atoms with Crippen LogP contribution in [0.25, 0.3) is 0 Å². The van der Waals surface area contributed by atoms with Crippen LogP contribution in [0.15, 0.2) is 53.9 Å². The molecule has 1 aromatic heterocycles. The molecule has 0 spiro atoms. The standard InChI is InChI=1S/C24H22N4O6S/c1-15(29)27(19-5-3-4-6-20(19)33-2)24-25-17(14-35-24)13-34-23(32)16-7-9-18(10-8-16)28-22(31)12-11-21(30)26-28/h3-10,14H,11-13H2,1-2H3,(H,26,30). The van der Waals surface area contributed by atoms with E-state index in [0.717, 1.165) is 0 Å². The highest BCUT2D eigenvalue weighted by Gasteiger charge is 2.25. The number of benzene rings is 2. The van der Waals surface area contributed by atoms with Crippen molar-refractivity contribution in [3.63, 3.8) is 0 Å². The van der Waals surface area contributed by atoms with E-state index in [9.17, 15) is 19.2 Å². The van der Waals surface area contributed by atoms with Crippen LogP contribution in [0.5, 0.6) is 5.75 Å². The van der Waals surface area contributed by atoms with Gasteiger partial charge in [0.25, 0.3) is 0 Å². The van der Waals surface area contributed by atoms with Crippen LogP contribution < -0.4 is 20.1 Å². The Bertz CT molecular complexity index is 1270. The third-order valence-electron chi connectivity index (χ3n) is 5.14. The van der Waals surface area contributed by atoms with Gasteiger partial charge in [-0.25, -0.2) is 14.8 Å². The van der Waals surface area contributed by atoms with E-state index in [1.165, 1.54) is 47.4 Å². The smallest absolute Gasteiger partial charge is 0.338 e. The first-order valence-electron chi connectivity index (χ1n) is 10.6. The number of esters is 1. The van der Waals surface area contributed by atoms with Crippen molar-refractivity contribution >= 4 is 51.5 Å². The fraction of sp³-hybridized carbons (Fsp3) is 0.208. The van der Waals surface area contributed by atoms with Crippen LogP contribution >= 0.6 is 11.3 Å². The fourth-order valence-electron chi connectivity index (χ4n) is 3.44. The van der Waals surface area contributed by atoms with Crippen molar-refractivity contribution in [1.82, 2.24) is 10.4 Å². The Balaban J connectivity index is 1.42. The Hall–Kier alpha value is -4.25. The van der Waals surface area contributed by atoms with Gasteiger partial charge in [0.1, 0.15) is 12.4 Å². The van der Waals surface area contributed by atoms with Crippen molar-refractivity contribution in [2.75, 3.05) is 17.0 Å². The summed E-state index contributed by atoms with van der Waals surface area (Å²) in [5, 5.41) is 3.30. The summed E-state index contributed by atoms with van der Waals surface area (Å²) in [6, 6.07) is 13.2. The maximum Gasteiger partial charge on any atom is 0.338 e. The lowest BCUT2D eigenvalue weighted by Crippen LogP contribution is -2.50. The molecule has 10 nitrogen and oxygen atoms in total. The molecule has 0 atom stereocenters. The van der Waals surface area contributed by atoms with E-state index in [0.29, 0.717) is 27.9 Å². The quantitative estimate of drug-likeness (QED) is 0.501. The van der Waals surface area contributed by atoms with Crippen LogP contribution in [0.1, 0.15) is 35.8 Å². The number of thiazole rings is 1. The molecule has 0 bridgehead atoms. The van der Waals surface area contributed by atoms with Crippen LogP contribution in [0, 0.1) is 0 Å². The predicted octanol–water partition coefficient (Wildman–Crippen LogP) is 3.35.